The number of methoxy groups -OCH3 is 2. The van der Waals surface area contributed by atoms with Gasteiger partial charge in [-0.05, 0) is 72.6 Å². The van der Waals surface area contributed by atoms with Gasteiger partial charge in [-0.25, -0.2) is 0 Å². The van der Waals surface area contributed by atoms with E-state index in [-0.39, 0.29) is 43.9 Å². The lowest BCUT2D eigenvalue weighted by Gasteiger charge is -2.44. The van der Waals surface area contributed by atoms with E-state index in [1.807, 2.05) is 48.5 Å². The lowest BCUT2D eigenvalue weighted by Crippen LogP contribution is -2.59. The third-order valence-corrected chi connectivity index (χ3v) is 16.0. The summed E-state index contributed by atoms with van der Waals surface area (Å²) in [6, 6.07) is 0.333. The van der Waals surface area contributed by atoms with E-state index in [1.165, 1.54) is 28.3 Å². The zero-order chi connectivity index (χ0) is 54.9. The Morgan fingerprint density at radius 2 is 1.47 bits per heavy atom. The molecule has 0 aliphatic carbocycles. The van der Waals surface area contributed by atoms with Crippen molar-refractivity contribution < 1.29 is 86.6 Å². The van der Waals surface area contributed by atoms with Crippen LogP contribution in [-0.2, 0) is 71.3 Å². The summed E-state index contributed by atoms with van der Waals surface area (Å²) in [6.45, 7) is 25.5. The van der Waals surface area contributed by atoms with Gasteiger partial charge in [0.25, 0.3) is 0 Å². The van der Waals surface area contributed by atoms with Crippen molar-refractivity contribution in [2.24, 2.45) is 46.6 Å². The predicted octanol–water partition coefficient (Wildman–Crippen LogP) is 4.82. The first-order chi connectivity index (χ1) is 34.8. The molecule has 20 nitrogen and oxygen atoms in total. The quantitative estimate of drug-likeness (QED) is 0.147. The lowest BCUT2D eigenvalue weighted by molar-refractivity contribution is -0.305. The Hall–Kier alpha value is -2.44. The highest BCUT2D eigenvalue weighted by molar-refractivity contribution is 5.90. The van der Waals surface area contributed by atoms with Crippen LogP contribution < -0.4 is 0 Å². The van der Waals surface area contributed by atoms with Crippen LogP contribution in [0.25, 0.3) is 0 Å². The van der Waals surface area contributed by atoms with Crippen molar-refractivity contribution in [2.75, 3.05) is 47.7 Å². The van der Waals surface area contributed by atoms with E-state index in [9.17, 15) is 24.9 Å². The number of rotatable bonds is 15. The molecule has 5 aliphatic heterocycles. The maximum atomic E-state index is 15.3. The molecular weight excluding hydrogens is 965 g/mol. The number of hydrogen-bond acceptors (Lipinski definition) is 20. The minimum atomic E-state index is -2.02. The van der Waals surface area contributed by atoms with Crippen LogP contribution in [-0.4, -0.2) is 195 Å². The number of cyclic esters (lactones) is 1. The summed E-state index contributed by atoms with van der Waals surface area (Å²) in [6.07, 6.45) is -10.1. The van der Waals surface area contributed by atoms with Gasteiger partial charge in [0.1, 0.15) is 49.3 Å². The van der Waals surface area contributed by atoms with Crippen molar-refractivity contribution in [3.8, 4) is 0 Å². The first-order valence-electron chi connectivity index (χ1n) is 27.2. The number of hydrogen-bond donors (Lipinski definition) is 3. The van der Waals surface area contributed by atoms with Crippen molar-refractivity contribution in [2.45, 2.75) is 232 Å². The van der Waals surface area contributed by atoms with E-state index in [1.54, 1.807) is 27.7 Å². The summed E-state index contributed by atoms with van der Waals surface area (Å²) in [4.78, 5) is 51.6. The molecule has 3 N–H and O–H groups in total. The molecule has 5 saturated heterocycles. The number of aliphatic hydroxyl groups is 3. The van der Waals surface area contributed by atoms with Gasteiger partial charge in [-0.1, -0.05) is 53.6 Å². The lowest BCUT2D eigenvalue weighted by atomic mass is 9.74. The van der Waals surface area contributed by atoms with Gasteiger partial charge >= 0.3 is 11.9 Å². The Kier molecular flexibility index (Phi) is 23.6. The Labute approximate surface area is 440 Å². The molecule has 0 aromatic rings. The van der Waals surface area contributed by atoms with E-state index in [0.717, 1.165) is 12.8 Å². The van der Waals surface area contributed by atoms with Crippen molar-refractivity contribution in [1.82, 2.24) is 4.90 Å². The van der Waals surface area contributed by atoms with Gasteiger partial charge in [0.15, 0.2) is 24.7 Å². The zero-order valence-corrected chi connectivity index (χ0v) is 47.2. The molecule has 0 radical (unpaired) electrons. The Morgan fingerprint density at radius 3 is 2.09 bits per heavy atom. The van der Waals surface area contributed by atoms with Gasteiger partial charge in [0.05, 0.1) is 54.7 Å². The molecule has 428 valence electrons. The average molecular weight is 1060 g/mol. The standard InChI is InChI=1S/C54H94N2O18/c1-27(2)21-40(57)71-46-34(9)45(29(4)26-67-53-49(64-15)48(63-14)42(58)37(12)70-53)73-51(61)36(11)47(72-41-22-30(5)56(25-32(7)68-41)38-17-19-66-20-18-38)33(8)44(28(3)24-54(13,62)50(60)35(46)10)74-52-43(59)39(55-65-16)23-31(6)69-52/h27-38,41-49,52-53,58-59,62H,17-26H2,1-16H3/t28-,29-,30?,31+,32-,33+,34-,35+,36+,37+,41-,42+,43+,44-,45+,46+,47-,48+,49+,52-,53+,54-/m0/s1. The molecule has 1 unspecified atom stereocenters. The number of oxime groups is 1. The van der Waals surface area contributed by atoms with Crippen LogP contribution in [0.5, 0.6) is 0 Å². The summed E-state index contributed by atoms with van der Waals surface area (Å²) in [5.41, 5.74) is -1.70. The average Bonchev–Trinajstić information content (AvgIpc) is 3.49. The Morgan fingerprint density at radius 1 is 0.811 bits per heavy atom. The molecule has 22 atom stereocenters. The molecule has 5 rings (SSSR count). The van der Waals surface area contributed by atoms with Crippen LogP contribution in [0.3, 0.4) is 0 Å². The van der Waals surface area contributed by atoms with Gasteiger partial charge in [-0.3, -0.25) is 19.3 Å². The number of Topliss-reactive ketones (excluding diaryl/α,β-unsaturated/α-hetero) is 1. The Balaban J connectivity index is 1.61. The van der Waals surface area contributed by atoms with Crippen LogP contribution in [0.15, 0.2) is 5.16 Å². The minimum absolute atomic E-state index is 0.0293. The molecule has 5 aliphatic rings. The summed E-state index contributed by atoms with van der Waals surface area (Å²) in [5.74, 6) is -6.90. The monoisotopic (exact) mass is 1060 g/mol. The van der Waals surface area contributed by atoms with Gasteiger partial charge in [-0.2, -0.15) is 0 Å². The Bertz CT molecular complexity index is 1800. The van der Waals surface area contributed by atoms with Crippen molar-refractivity contribution in [1.29, 1.82) is 0 Å². The smallest absolute Gasteiger partial charge is 0.311 e. The van der Waals surface area contributed by atoms with Gasteiger partial charge < -0.3 is 72.3 Å². The number of ether oxygens (including phenoxy) is 11. The number of ketones is 1. The molecule has 0 aromatic carbocycles. The highest BCUT2D eigenvalue weighted by Gasteiger charge is 2.51. The number of carbonyl (C=O) groups is 3. The van der Waals surface area contributed by atoms with E-state index < -0.39 is 139 Å². The van der Waals surface area contributed by atoms with Crippen LogP contribution in [0.1, 0.15) is 129 Å². The first kappa shape index (κ1) is 62.4. The molecule has 74 heavy (non-hydrogen) atoms. The van der Waals surface area contributed by atoms with Gasteiger partial charge in [-0.15, -0.1) is 0 Å². The number of carbonyl (C=O) groups excluding carboxylic acids is 3. The van der Waals surface area contributed by atoms with Gasteiger partial charge in [0.2, 0.25) is 0 Å². The third-order valence-electron chi connectivity index (χ3n) is 16.0. The van der Waals surface area contributed by atoms with Crippen molar-refractivity contribution in [3.63, 3.8) is 0 Å². The molecular formula is C54H94N2O18. The van der Waals surface area contributed by atoms with Crippen molar-refractivity contribution >= 4 is 23.4 Å². The zero-order valence-electron chi connectivity index (χ0n) is 47.2. The maximum Gasteiger partial charge on any atom is 0.311 e. The molecule has 0 amide bonds. The maximum absolute atomic E-state index is 15.3. The highest BCUT2D eigenvalue weighted by atomic mass is 16.7. The fourth-order valence-corrected chi connectivity index (χ4v) is 12.1. The van der Waals surface area contributed by atoms with Crippen LogP contribution in [0.4, 0.5) is 0 Å². The van der Waals surface area contributed by atoms with E-state index in [2.05, 4.69) is 17.0 Å². The number of aliphatic hydroxyl groups excluding tert-OH is 2. The second-order valence-corrected chi connectivity index (χ2v) is 22.9. The van der Waals surface area contributed by atoms with Crippen LogP contribution in [0, 0.1) is 41.4 Å². The van der Waals surface area contributed by atoms with E-state index >= 15 is 4.79 Å². The largest absolute Gasteiger partial charge is 0.461 e. The summed E-state index contributed by atoms with van der Waals surface area (Å²) >= 11 is 0. The summed E-state index contributed by atoms with van der Waals surface area (Å²) in [7, 11) is 4.32. The molecule has 0 spiro atoms. The fraction of sp³-hybridized carbons (Fsp3) is 0.926. The first-order valence-corrected chi connectivity index (χ1v) is 27.2. The number of esters is 2. The predicted molar refractivity (Wildman–Crippen MR) is 270 cm³/mol. The normalized spacial score (nSPS) is 43.1. The van der Waals surface area contributed by atoms with Crippen molar-refractivity contribution in [3.05, 3.63) is 0 Å². The summed E-state index contributed by atoms with van der Waals surface area (Å²) < 4.78 is 69.5. The van der Waals surface area contributed by atoms with Gasteiger partial charge in [0, 0.05) is 83.1 Å². The SMILES string of the molecule is CON=C1C[C@@H](C)O[C@@H](O[C@@H]2[C@@H](C)[C@H](O[C@H]3CC(C)N(C4CCOCC4)C[C@H](C)O3)[C@@H](C)C(=O)O[C@H]([C@@H](C)CO[C@@H]3O[C@H](C)[C@@H](O)[C@@H](OC)[C@H]3OC)[C@H](C)[C@@H](OC(=O)CC(C)C)[C@@H](C)C(=O)[C@@](C)(O)C[C@@H]2C)[C@@H]1O. The topological polar surface area (TPSA) is 238 Å². The van der Waals surface area contributed by atoms with E-state index in [4.69, 9.17) is 56.9 Å². The molecule has 0 aromatic heterocycles. The highest BCUT2D eigenvalue weighted by Crippen LogP contribution is 2.40. The van der Waals surface area contributed by atoms with Crippen LogP contribution >= 0.6 is 0 Å². The molecule has 5 heterocycles. The van der Waals surface area contributed by atoms with E-state index in [0.29, 0.717) is 37.9 Å². The molecule has 20 heteroatoms. The second kappa shape index (κ2) is 27.9. The third kappa shape index (κ3) is 15.6. The van der Waals surface area contributed by atoms with Crippen LogP contribution in [0.2, 0.25) is 0 Å². The number of nitrogens with zero attached hydrogens (tertiary/aromatic N) is 2. The molecule has 0 saturated carbocycles. The summed E-state index contributed by atoms with van der Waals surface area (Å²) in [5, 5.41) is 39.1. The minimum Gasteiger partial charge on any atom is -0.461 e. The molecule has 5 fully saturated rings. The second-order valence-electron chi connectivity index (χ2n) is 22.9. The molecule has 0 bridgehead atoms. The fourth-order valence-electron chi connectivity index (χ4n) is 12.1.